The normalized spacial score (nSPS) is 12.3. The lowest BCUT2D eigenvalue weighted by Crippen LogP contribution is -2.18. The van der Waals surface area contributed by atoms with E-state index < -0.39 is 6.04 Å². The Balaban J connectivity index is 2.03. The smallest absolute Gasteiger partial charge is 0.0933 e. The highest BCUT2D eigenvalue weighted by atomic mass is 35.5. The molecule has 2 heterocycles. The van der Waals surface area contributed by atoms with Crippen LogP contribution >= 0.6 is 23.2 Å². The van der Waals surface area contributed by atoms with E-state index in [0.717, 1.165) is 5.69 Å². The molecule has 5 nitrogen and oxygen atoms in total. The van der Waals surface area contributed by atoms with Gasteiger partial charge in [0.25, 0.3) is 0 Å². The second-order valence-corrected chi connectivity index (χ2v) is 5.25. The Morgan fingerprint density at radius 1 is 1.10 bits per heavy atom. The van der Waals surface area contributed by atoms with Crippen LogP contribution in [-0.2, 0) is 0 Å². The molecule has 0 fully saturated rings. The summed E-state index contributed by atoms with van der Waals surface area (Å²) < 4.78 is 1.66. The number of pyridine rings is 1. The Bertz CT molecular complexity index is 757. The van der Waals surface area contributed by atoms with Crippen LogP contribution < -0.4 is 5.73 Å². The van der Waals surface area contributed by atoms with Gasteiger partial charge in [-0.3, -0.25) is 4.98 Å². The first kappa shape index (κ1) is 14.0. The fourth-order valence-corrected chi connectivity index (χ4v) is 2.52. The molecule has 3 aromatic rings. The average Bonchev–Trinajstić information content (AvgIpc) is 2.97. The molecule has 0 saturated carbocycles. The molecule has 0 saturated heterocycles. The van der Waals surface area contributed by atoms with Gasteiger partial charge in [-0.25, -0.2) is 4.68 Å². The molecule has 2 N–H and O–H groups in total. The van der Waals surface area contributed by atoms with Crippen LogP contribution in [0.5, 0.6) is 0 Å². The molecule has 0 aliphatic carbocycles. The van der Waals surface area contributed by atoms with Crippen LogP contribution in [0.2, 0.25) is 10.0 Å². The quantitative estimate of drug-likeness (QED) is 0.805. The maximum atomic E-state index is 6.26. The number of hydrogen-bond acceptors (Lipinski definition) is 4. The van der Waals surface area contributed by atoms with Crippen molar-refractivity contribution < 1.29 is 0 Å². The van der Waals surface area contributed by atoms with Crippen molar-refractivity contribution in [3.63, 3.8) is 0 Å². The van der Waals surface area contributed by atoms with Crippen LogP contribution in [0, 0.1) is 0 Å². The lowest BCUT2D eigenvalue weighted by atomic mass is 10.1. The molecule has 1 unspecified atom stereocenters. The number of benzene rings is 1. The van der Waals surface area contributed by atoms with Crippen molar-refractivity contribution in [1.29, 1.82) is 0 Å². The van der Waals surface area contributed by atoms with E-state index in [1.165, 1.54) is 6.20 Å². The molecule has 0 amide bonds. The van der Waals surface area contributed by atoms with Crippen LogP contribution in [0.3, 0.4) is 0 Å². The van der Waals surface area contributed by atoms with E-state index in [9.17, 15) is 0 Å². The highest BCUT2D eigenvalue weighted by Gasteiger charge is 2.20. The zero-order valence-corrected chi connectivity index (χ0v) is 12.3. The van der Waals surface area contributed by atoms with Crippen molar-refractivity contribution in [1.82, 2.24) is 20.0 Å². The van der Waals surface area contributed by atoms with Crippen molar-refractivity contribution in [2.24, 2.45) is 5.73 Å². The van der Waals surface area contributed by atoms with Crippen molar-refractivity contribution in [3.05, 3.63) is 70.2 Å². The third kappa shape index (κ3) is 2.76. The molecule has 0 aliphatic heterocycles. The van der Waals surface area contributed by atoms with Gasteiger partial charge in [0.05, 0.1) is 39.4 Å². The maximum absolute atomic E-state index is 6.26. The average molecular weight is 320 g/mol. The van der Waals surface area contributed by atoms with Crippen LogP contribution in [0.4, 0.5) is 0 Å². The SMILES string of the molecule is NC(c1ncc(Cl)cc1Cl)c1cnnn1-c1ccccc1. The zero-order valence-electron chi connectivity index (χ0n) is 10.8. The lowest BCUT2D eigenvalue weighted by molar-refractivity contribution is 0.707. The van der Waals surface area contributed by atoms with Gasteiger partial charge in [0.2, 0.25) is 0 Å². The third-order valence-corrected chi connectivity index (χ3v) is 3.54. The topological polar surface area (TPSA) is 69.6 Å². The summed E-state index contributed by atoms with van der Waals surface area (Å²) >= 11 is 12.0. The molecule has 0 bridgehead atoms. The lowest BCUT2D eigenvalue weighted by Gasteiger charge is -2.14. The predicted molar refractivity (Wildman–Crippen MR) is 81.6 cm³/mol. The number of hydrogen-bond donors (Lipinski definition) is 1. The van der Waals surface area contributed by atoms with Gasteiger partial charge in [0, 0.05) is 6.20 Å². The fraction of sp³-hybridized carbons (Fsp3) is 0.0714. The van der Waals surface area contributed by atoms with Gasteiger partial charge >= 0.3 is 0 Å². The molecule has 3 rings (SSSR count). The van der Waals surface area contributed by atoms with Crippen molar-refractivity contribution >= 4 is 23.2 Å². The van der Waals surface area contributed by atoms with E-state index in [-0.39, 0.29) is 0 Å². The summed E-state index contributed by atoms with van der Waals surface area (Å²) in [4.78, 5) is 4.21. The van der Waals surface area contributed by atoms with Crippen molar-refractivity contribution in [2.75, 3.05) is 0 Å². The van der Waals surface area contributed by atoms with E-state index in [0.29, 0.717) is 21.4 Å². The first-order chi connectivity index (χ1) is 10.2. The number of aromatic nitrogens is 4. The number of nitrogens with zero attached hydrogens (tertiary/aromatic N) is 4. The Kier molecular flexibility index (Phi) is 3.88. The number of rotatable bonds is 3. The van der Waals surface area contributed by atoms with E-state index >= 15 is 0 Å². The Morgan fingerprint density at radius 2 is 1.86 bits per heavy atom. The largest absolute Gasteiger partial charge is 0.318 e. The van der Waals surface area contributed by atoms with E-state index in [1.807, 2.05) is 30.3 Å². The minimum atomic E-state index is -0.551. The molecular formula is C14H11Cl2N5. The molecule has 0 spiro atoms. The summed E-state index contributed by atoms with van der Waals surface area (Å²) in [5.41, 5.74) is 8.35. The van der Waals surface area contributed by atoms with Gasteiger partial charge in [-0.1, -0.05) is 46.6 Å². The summed E-state index contributed by atoms with van der Waals surface area (Å²) in [7, 11) is 0. The van der Waals surface area contributed by atoms with E-state index in [1.54, 1.807) is 16.9 Å². The summed E-state index contributed by atoms with van der Waals surface area (Å²) in [5.74, 6) is 0. The predicted octanol–water partition coefficient (Wildman–Crippen LogP) is 3.02. The fourth-order valence-electron chi connectivity index (χ4n) is 2.02. The second kappa shape index (κ2) is 5.81. The highest BCUT2D eigenvalue weighted by Crippen LogP contribution is 2.27. The first-order valence-electron chi connectivity index (χ1n) is 6.19. The molecular weight excluding hydrogens is 309 g/mol. The number of para-hydroxylation sites is 1. The molecule has 0 radical (unpaired) electrons. The van der Waals surface area contributed by atoms with Gasteiger partial charge in [-0.05, 0) is 18.2 Å². The summed E-state index contributed by atoms with van der Waals surface area (Å²) in [5, 5.41) is 8.87. The first-order valence-corrected chi connectivity index (χ1v) is 6.95. The third-order valence-electron chi connectivity index (χ3n) is 3.03. The minimum absolute atomic E-state index is 0.413. The molecule has 7 heteroatoms. The van der Waals surface area contributed by atoms with Gasteiger partial charge in [0.1, 0.15) is 0 Å². The van der Waals surface area contributed by atoms with E-state index in [2.05, 4.69) is 15.3 Å². The van der Waals surface area contributed by atoms with Gasteiger partial charge in [0.15, 0.2) is 0 Å². The molecule has 21 heavy (non-hydrogen) atoms. The standard InChI is InChI=1S/C14H11Cl2N5/c15-9-6-11(16)14(18-7-9)13(17)12-8-19-20-21(12)10-4-2-1-3-5-10/h1-8,13H,17H2. The second-order valence-electron chi connectivity index (χ2n) is 4.40. The molecule has 106 valence electrons. The van der Waals surface area contributed by atoms with Gasteiger partial charge in [-0.15, -0.1) is 5.10 Å². The Hall–Kier alpha value is -1.95. The Labute approximate surface area is 131 Å². The summed E-state index contributed by atoms with van der Waals surface area (Å²) in [6.07, 6.45) is 3.11. The zero-order chi connectivity index (χ0) is 14.8. The minimum Gasteiger partial charge on any atom is -0.318 e. The molecule has 2 aromatic heterocycles. The number of nitrogens with two attached hydrogens (primary N) is 1. The summed E-state index contributed by atoms with van der Waals surface area (Å²) in [6.45, 7) is 0. The van der Waals surface area contributed by atoms with Crippen LogP contribution in [0.1, 0.15) is 17.4 Å². The molecule has 1 aromatic carbocycles. The van der Waals surface area contributed by atoms with Crippen molar-refractivity contribution in [3.8, 4) is 5.69 Å². The van der Waals surface area contributed by atoms with Crippen LogP contribution in [-0.4, -0.2) is 20.0 Å². The molecule has 1 atom stereocenters. The Morgan fingerprint density at radius 3 is 2.57 bits per heavy atom. The van der Waals surface area contributed by atoms with E-state index in [4.69, 9.17) is 28.9 Å². The van der Waals surface area contributed by atoms with Crippen molar-refractivity contribution in [2.45, 2.75) is 6.04 Å². The monoisotopic (exact) mass is 319 g/mol. The van der Waals surface area contributed by atoms with Crippen LogP contribution in [0.25, 0.3) is 5.69 Å². The summed E-state index contributed by atoms with van der Waals surface area (Å²) in [6, 6.07) is 10.7. The highest BCUT2D eigenvalue weighted by molar-refractivity contribution is 6.34. The maximum Gasteiger partial charge on any atom is 0.0933 e. The molecule has 0 aliphatic rings. The van der Waals surface area contributed by atoms with Gasteiger partial charge in [-0.2, -0.15) is 0 Å². The number of halogens is 2. The van der Waals surface area contributed by atoms with Crippen LogP contribution in [0.15, 0.2) is 48.8 Å². The van der Waals surface area contributed by atoms with Gasteiger partial charge < -0.3 is 5.73 Å².